The SMILES string of the molecule is O=C(NCc1ccc2c(c1)OCO2)C1CN(S(=O)(=O)C2CC2)CC12CCCCC2. The first-order valence-corrected chi connectivity index (χ1v) is 12.1. The molecule has 1 spiro atoms. The zero-order valence-electron chi connectivity index (χ0n) is 16.6. The second-order valence-electron chi connectivity index (χ2n) is 8.92. The van der Waals surface area contributed by atoms with Crippen molar-refractivity contribution in [2.24, 2.45) is 11.3 Å². The Bertz CT molecular complexity index is 906. The predicted octanol–water partition coefficient (Wildman–Crippen LogP) is 2.41. The Hall–Kier alpha value is -1.80. The lowest BCUT2D eigenvalue weighted by Crippen LogP contribution is -2.42. The number of sulfonamides is 1. The Balaban J connectivity index is 1.31. The molecule has 1 N–H and O–H groups in total. The van der Waals surface area contributed by atoms with Crippen LogP contribution in [0.3, 0.4) is 0 Å². The quantitative estimate of drug-likeness (QED) is 0.791. The third kappa shape index (κ3) is 3.50. The fourth-order valence-corrected chi connectivity index (χ4v) is 7.13. The van der Waals surface area contributed by atoms with Gasteiger partial charge < -0.3 is 14.8 Å². The number of carbonyl (C=O) groups is 1. The van der Waals surface area contributed by atoms with E-state index < -0.39 is 10.0 Å². The molecule has 0 bridgehead atoms. The van der Waals surface area contributed by atoms with Crippen molar-refractivity contribution < 1.29 is 22.7 Å². The van der Waals surface area contributed by atoms with E-state index in [9.17, 15) is 13.2 Å². The van der Waals surface area contributed by atoms with Crippen LogP contribution in [-0.4, -0.2) is 43.8 Å². The van der Waals surface area contributed by atoms with Crippen molar-refractivity contribution in [3.05, 3.63) is 23.8 Å². The second kappa shape index (κ2) is 7.16. The molecule has 2 aliphatic heterocycles. The van der Waals surface area contributed by atoms with Crippen molar-refractivity contribution in [3.63, 3.8) is 0 Å². The fraction of sp³-hybridized carbons (Fsp3) is 0.667. The number of nitrogens with one attached hydrogen (secondary N) is 1. The second-order valence-corrected chi connectivity index (χ2v) is 11.1. The lowest BCUT2D eigenvalue weighted by Gasteiger charge is -2.37. The number of rotatable bonds is 5. The lowest BCUT2D eigenvalue weighted by molar-refractivity contribution is -0.128. The lowest BCUT2D eigenvalue weighted by atomic mass is 9.67. The Labute approximate surface area is 171 Å². The van der Waals surface area contributed by atoms with Crippen LogP contribution in [0.2, 0.25) is 0 Å². The molecule has 158 valence electrons. The third-order valence-corrected chi connectivity index (χ3v) is 9.30. The average molecular weight is 421 g/mol. The number of ether oxygens (including phenoxy) is 2. The summed E-state index contributed by atoms with van der Waals surface area (Å²) in [6, 6.07) is 5.66. The van der Waals surface area contributed by atoms with Gasteiger partial charge in [-0.3, -0.25) is 4.79 Å². The minimum Gasteiger partial charge on any atom is -0.454 e. The smallest absolute Gasteiger partial charge is 0.231 e. The Kier molecular flexibility index (Phi) is 4.74. The fourth-order valence-electron chi connectivity index (χ4n) is 5.18. The molecule has 1 saturated heterocycles. The van der Waals surface area contributed by atoms with Gasteiger partial charge in [0.1, 0.15) is 0 Å². The van der Waals surface area contributed by atoms with E-state index in [1.54, 1.807) is 4.31 Å². The maximum atomic E-state index is 13.2. The highest BCUT2D eigenvalue weighted by Crippen LogP contribution is 2.49. The molecule has 29 heavy (non-hydrogen) atoms. The highest BCUT2D eigenvalue weighted by atomic mass is 32.2. The van der Waals surface area contributed by atoms with E-state index in [0.29, 0.717) is 25.4 Å². The van der Waals surface area contributed by atoms with E-state index in [2.05, 4.69) is 5.32 Å². The molecule has 4 aliphatic rings. The zero-order valence-corrected chi connectivity index (χ0v) is 17.4. The highest BCUT2D eigenvalue weighted by Gasteiger charge is 2.55. The van der Waals surface area contributed by atoms with Crippen molar-refractivity contribution >= 4 is 15.9 Å². The van der Waals surface area contributed by atoms with E-state index in [-0.39, 0.29) is 29.3 Å². The van der Waals surface area contributed by atoms with Crippen LogP contribution in [-0.2, 0) is 21.4 Å². The molecule has 8 heteroatoms. The predicted molar refractivity (Wildman–Crippen MR) is 107 cm³/mol. The van der Waals surface area contributed by atoms with Crippen LogP contribution in [0.1, 0.15) is 50.5 Å². The van der Waals surface area contributed by atoms with Crippen molar-refractivity contribution in [1.82, 2.24) is 9.62 Å². The van der Waals surface area contributed by atoms with Gasteiger partial charge in [-0.05, 0) is 48.8 Å². The first-order valence-electron chi connectivity index (χ1n) is 10.6. The molecule has 2 heterocycles. The number of hydrogen-bond acceptors (Lipinski definition) is 5. The van der Waals surface area contributed by atoms with Gasteiger partial charge in [-0.25, -0.2) is 12.7 Å². The summed E-state index contributed by atoms with van der Waals surface area (Å²) in [5.74, 6) is 1.12. The largest absolute Gasteiger partial charge is 0.454 e. The van der Waals surface area contributed by atoms with Gasteiger partial charge in [-0.1, -0.05) is 25.3 Å². The summed E-state index contributed by atoms with van der Waals surface area (Å²) in [5, 5.41) is 2.84. The Morgan fingerprint density at radius 2 is 1.90 bits per heavy atom. The van der Waals surface area contributed by atoms with Gasteiger partial charge in [0.25, 0.3) is 0 Å². The third-order valence-electron chi connectivity index (χ3n) is 6.99. The van der Waals surface area contributed by atoms with Crippen LogP contribution in [0.4, 0.5) is 0 Å². The van der Waals surface area contributed by atoms with Crippen LogP contribution >= 0.6 is 0 Å². The molecule has 2 saturated carbocycles. The van der Waals surface area contributed by atoms with Crippen LogP contribution in [0.5, 0.6) is 11.5 Å². The molecule has 3 fully saturated rings. The first-order chi connectivity index (χ1) is 14.0. The maximum Gasteiger partial charge on any atom is 0.231 e. The molecule has 5 rings (SSSR count). The van der Waals surface area contributed by atoms with Gasteiger partial charge in [-0.2, -0.15) is 0 Å². The van der Waals surface area contributed by atoms with Gasteiger partial charge in [0.2, 0.25) is 22.7 Å². The van der Waals surface area contributed by atoms with E-state index >= 15 is 0 Å². The molecular formula is C21H28N2O5S. The van der Waals surface area contributed by atoms with Crippen LogP contribution in [0, 0.1) is 11.3 Å². The van der Waals surface area contributed by atoms with Gasteiger partial charge in [0, 0.05) is 19.6 Å². The van der Waals surface area contributed by atoms with Gasteiger partial charge >= 0.3 is 0 Å². The molecule has 1 aromatic rings. The summed E-state index contributed by atoms with van der Waals surface area (Å²) >= 11 is 0. The minimum atomic E-state index is -3.26. The summed E-state index contributed by atoms with van der Waals surface area (Å²) in [4.78, 5) is 13.2. The van der Waals surface area contributed by atoms with Crippen molar-refractivity contribution in [2.75, 3.05) is 19.9 Å². The summed E-state index contributed by atoms with van der Waals surface area (Å²) < 4.78 is 38.1. The molecule has 1 atom stereocenters. The van der Waals surface area contributed by atoms with E-state index in [4.69, 9.17) is 9.47 Å². The number of carbonyl (C=O) groups excluding carboxylic acids is 1. The maximum absolute atomic E-state index is 13.2. The van der Waals surface area contributed by atoms with Gasteiger partial charge in [-0.15, -0.1) is 0 Å². The highest BCUT2D eigenvalue weighted by molar-refractivity contribution is 7.90. The van der Waals surface area contributed by atoms with E-state index in [0.717, 1.165) is 49.8 Å². The van der Waals surface area contributed by atoms with Crippen LogP contribution in [0.25, 0.3) is 0 Å². The van der Waals surface area contributed by atoms with Crippen molar-refractivity contribution in [3.8, 4) is 11.5 Å². The molecule has 1 aromatic carbocycles. The van der Waals surface area contributed by atoms with Crippen LogP contribution < -0.4 is 14.8 Å². The topological polar surface area (TPSA) is 84.9 Å². The standard InChI is InChI=1S/C21H28N2O5S/c24-20(22-11-15-4-7-18-19(10-15)28-14-27-18)17-12-23(29(25,26)16-5-6-16)13-21(17)8-2-1-3-9-21/h4,7,10,16-17H,1-3,5-6,8-9,11-14H2,(H,22,24). The molecule has 2 aliphatic carbocycles. The summed E-state index contributed by atoms with van der Waals surface area (Å²) in [5.41, 5.74) is 0.736. The zero-order chi connectivity index (χ0) is 20.1. The average Bonchev–Trinajstić information content (AvgIpc) is 3.38. The molecule has 1 unspecified atom stereocenters. The van der Waals surface area contributed by atoms with E-state index in [1.165, 1.54) is 6.42 Å². The summed E-state index contributed by atoms with van der Waals surface area (Å²) in [6.45, 7) is 1.46. The number of nitrogens with zero attached hydrogens (tertiary/aromatic N) is 1. The Morgan fingerprint density at radius 3 is 2.66 bits per heavy atom. The van der Waals surface area contributed by atoms with Crippen molar-refractivity contribution in [2.45, 2.75) is 56.7 Å². The summed E-state index contributed by atoms with van der Waals surface area (Å²) in [6.07, 6.45) is 6.70. The van der Waals surface area contributed by atoms with Crippen LogP contribution in [0.15, 0.2) is 18.2 Å². The molecule has 0 aromatic heterocycles. The number of benzene rings is 1. The Morgan fingerprint density at radius 1 is 1.14 bits per heavy atom. The number of fused-ring (bicyclic) bond motifs is 1. The number of amides is 1. The molecular weight excluding hydrogens is 392 g/mol. The molecule has 0 radical (unpaired) electrons. The minimum absolute atomic E-state index is 0.0296. The van der Waals surface area contributed by atoms with Gasteiger partial charge in [0.15, 0.2) is 11.5 Å². The first kappa shape index (κ1) is 19.2. The summed E-state index contributed by atoms with van der Waals surface area (Å²) in [7, 11) is -3.26. The normalized spacial score (nSPS) is 26.0. The molecule has 1 amide bonds. The van der Waals surface area contributed by atoms with Crippen molar-refractivity contribution in [1.29, 1.82) is 0 Å². The van der Waals surface area contributed by atoms with Gasteiger partial charge in [0.05, 0.1) is 11.2 Å². The molecule has 7 nitrogen and oxygen atoms in total. The van der Waals surface area contributed by atoms with E-state index in [1.807, 2.05) is 18.2 Å². The monoisotopic (exact) mass is 420 g/mol. The number of hydrogen-bond donors (Lipinski definition) is 1.